The monoisotopic (exact) mass is 276 g/mol. The van der Waals surface area contributed by atoms with Gasteiger partial charge in [0.2, 0.25) is 5.91 Å². The van der Waals surface area contributed by atoms with Crippen molar-refractivity contribution in [1.82, 2.24) is 10.2 Å². The van der Waals surface area contributed by atoms with Gasteiger partial charge in [-0.15, -0.1) is 0 Å². The highest BCUT2D eigenvalue weighted by molar-refractivity contribution is 5.80. The van der Waals surface area contributed by atoms with E-state index in [4.69, 9.17) is 0 Å². The molecule has 0 bridgehead atoms. The Bertz CT molecular complexity index is 501. The van der Waals surface area contributed by atoms with Crippen molar-refractivity contribution in [2.45, 2.75) is 19.3 Å². The zero-order chi connectivity index (χ0) is 14.2. The maximum absolute atomic E-state index is 14.0. The SMILES string of the molecule is CCN1CC(=O)NC1c1cccc(C(F)(F)F)c1F. The number of amides is 1. The van der Waals surface area contributed by atoms with Crippen molar-refractivity contribution in [2.75, 3.05) is 13.1 Å². The maximum Gasteiger partial charge on any atom is 0.419 e. The quantitative estimate of drug-likeness (QED) is 0.841. The number of carbonyl (C=O) groups is 1. The first-order chi connectivity index (χ1) is 8.84. The van der Waals surface area contributed by atoms with Crippen LogP contribution < -0.4 is 5.32 Å². The van der Waals surface area contributed by atoms with Crippen LogP contribution in [0, 0.1) is 5.82 Å². The zero-order valence-electron chi connectivity index (χ0n) is 10.1. The fraction of sp³-hybridized carbons (Fsp3) is 0.417. The largest absolute Gasteiger partial charge is 0.419 e. The summed E-state index contributed by atoms with van der Waals surface area (Å²) in [6.07, 6.45) is -5.60. The first-order valence-electron chi connectivity index (χ1n) is 5.73. The van der Waals surface area contributed by atoms with Gasteiger partial charge in [0.15, 0.2) is 0 Å². The standard InChI is InChI=1S/C12H12F4N2O/c1-2-18-6-9(19)17-11(18)7-4-3-5-8(10(7)13)12(14,15)16/h3-5,11H,2,6H2,1H3,(H,17,19). The first-order valence-corrected chi connectivity index (χ1v) is 5.73. The van der Waals surface area contributed by atoms with E-state index in [9.17, 15) is 22.4 Å². The van der Waals surface area contributed by atoms with Gasteiger partial charge in [-0.25, -0.2) is 4.39 Å². The summed E-state index contributed by atoms with van der Waals surface area (Å²) >= 11 is 0. The van der Waals surface area contributed by atoms with Gasteiger partial charge >= 0.3 is 6.18 Å². The molecule has 0 saturated carbocycles. The third-order valence-electron chi connectivity index (χ3n) is 3.04. The molecule has 0 aliphatic carbocycles. The Hall–Kier alpha value is -1.63. The number of likely N-dealkylation sites (N-methyl/N-ethyl adjacent to an activating group) is 1. The van der Waals surface area contributed by atoms with Crippen LogP contribution in [0.2, 0.25) is 0 Å². The Kier molecular flexibility index (Phi) is 3.49. The number of rotatable bonds is 2. The second-order valence-corrected chi connectivity index (χ2v) is 4.24. The molecule has 1 aliphatic rings. The lowest BCUT2D eigenvalue weighted by atomic mass is 10.1. The van der Waals surface area contributed by atoms with Crippen LogP contribution in [-0.2, 0) is 11.0 Å². The predicted molar refractivity (Wildman–Crippen MR) is 59.5 cm³/mol. The fourth-order valence-electron chi connectivity index (χ4n) is 2.11. The van der Waals surface area contributed by atoms with E-state index in [-0.39, 0.29) is 18.0 Å². The second kappa shape index (κ2) is 4.80. The molecule has 3 nitrogen and oxygen atoms in total. The van der Waals surface area contributed by atoms with E-state index >= 15 is 0 Å². The van der Waals surface area contributed by atoms with Crippen molar-refractivity contribution >= 4 is 5.91 Å². The van der Waals surface area contributed by atoms with Crippen molar-refractivity contribution in [3.63, 3.8) is 0 Å². The van der Waals surface area contributed by atoms with Crippen molar-refractivity contribution in [3.05, 3.63) is 35.1 Å². The summed E-state index contributed by atoms with van der Waals surface area (Å²) in [5.74, 6) is -1.66. The maximum atomic E-state index is 14.0. The Morgan fingerprint density at radius 2 is 2.11 bits per heavy atom. The van der Waals surface area contributed by atoms with Crippen molar-refractivity contribution < 1.29 is 22.4 Å². The van der Waals surface area contributed by atoms with Gasteiger partial charge < -0.3 is 5.32 Å². The van der Waals surface area contributed by atoms with Gasteiger partial charge in [0.1, 0.15) is 12.0 Å². The summed E-state index contributed by atoms with van der Waals surface area (Å²) in [5.41, 5.74) is -1.48. The number of nitrogens with one attached hydrogen (secondary N) is 1. The summed E-state index contributed by atoms with van der Waals surface area (Å²) in [4.78, 5) is 12.9. The van der Waals surface area contributed by atoms with Crippen LogP contribution in [0.5, 0.6) is 0 Å². The molecule has 0 spiro atoms. The zero-order valence-corrected chi connectivity index (χ0v) is 10.1. The summed E-state index contributed by atoms with van der Waals surface area (Å²) < 4.78 is 51.9. The van der Waals surface area contributed by atoms with Gasteiger partial charge in [-0.3, -0.25) is 9.69 Å². The molecule has 1 atom stereocenters. The summed E-state index contributed by atoms with van der Waals surface area (Å²) in [6, 6.07) is 3.08. The molecule has 19 heavy (non-hydrogen) atoms. The fourth-order valence-corrected chi connectivity index (χ4v) is 2.11. The molecule has 1 aromatic carbocycles. The third kappa shape index (κ3) is 2.56. The number of benzene rings is 1. The Labute approximate surface area is 107 Å². The van der Waals surface area contributed by atoms with Gasteiger partial charge in [0, 0.05) is 5.56 Å². The third-order valence-corrected chi connectivity index (χ3v) is 3.04. The highest BCUT2D eigenvalue weighted by Crippen LogP contribution is 2.35. The van der Waals surface area contributed by atoms with Crippen molar-refractivity contribution in [1.29, 1.82) is 0 Å². The van der Waals surface area contributed by atoms with Crippen LogP contribution in [0.3, 0.4) is 0 Å². The molecule has 7 heteroatoms. The molecule has 104 valence electrons. The Balaban J connectivity index is 2.43. The molecule has 1 heterocycles. The minimum absolute atomic E-state index is 0.0524. The molecule has 2 rings (SSSR count). The van der Waals surface area contributed by atoms with Gasteiger partial charge in [0.25, 0.3) is 0 Å². The van der Waals surface area contributed by atoms with Crippen molar-refractivity contribution in [3.8, 4) is 0 Å². The number of carbonyl (C=O) groups excluding carboxylic acids is 1. The minimum Gasteiger partial charge on any atom is -0.335 e. The summed E-state index contributed by atoms with van der Waals surface area (Å²) in [5, 5.41) is 2.47. The van der Waals surface area contributed by atoms with E-state index in [0.717, 1.165) is 6.07 Å². The molecule has 1 amide bonds. The first kappa shape index (κ1) is 13.8. The van der Waals surface area contributed by atoms with Crippen LogP contribution >= 0.6 is 0 Å². The Morgan fingerprint density at radius 1 is 1.42 bits per heavy atom. The lowest BCUT2D eigenvalue weighted by molar-refractivity contribution is -0.140. The minimum atomic E-state index is -4.75. The number of nitrogens with zero attached hydrogens (tertiary/aromatic N) is 1. The topological polar surface area (TPSA) is 32.3 Å². The van der Waals surface area contributed by atoms with E-state index in [1.807, 2.05) is 0 Å². The summed E-state index contributed by atoms with van der Waals surface area (Å²) in [7, 11) is 0. The number of halogens is 4. The molecule has 1 saturated heterocycles. The van der Waals surface area contributed by atoms with E-state index in [1.165, 1.54) is 6.07 Å². The highest BCUT2D eigenvalue weighted by atomic mass is 19.4. The molecular weight excluding hydrogens is 264 g/mol. The molecule has 1 unspecified atom stereocenters. The second-order valence-electron chi connectivity index (χ2n) is 4.24. The van der Waals surface area contributed by atoms with E-state index in [1.54, 1.807) is 11.8 Å². The highest BCUT2D eigenvalue weighted by Gasteiger charge is 2.38. The molecular formula is C12H12F4N2O. The van der Waals surface area contributed by atoms with Gasteiger partial charge in [-0.05, 0) is 12.6 Å². The molecule has 0 radical (unpaired) electrons. The molecule has 1 aromatic rings. The van der Waals surface area contributed by atoms with Crippen LogP contribution in [0.4, 0.5) is 17.6 Å². The average Bonchev–Trinajstić information content (AvgIpc) is 2.69. The molecule has 0 aromatic heterocycles. The van der Waals surface area contributed by atoms with E-state index in [2.05, 4.69) is 5.32 Å². The number of hydrogen-bond acceptors (Lipinski definition) is 2. The van der Waals surface area contributed by atoms with Gasteiger partial charge in [0.05, 0.1) is 12.1 Å². The summed E-state index contributed by atoms with van der Waals surface area (Å²) in [6.45, 7) is 2.23. The van der Waals surface area contributed by atoms with Crippen LogP contribution in [0.25, 0.3) is 0 Å². The average molecular weight is 276 g/mol. The van der Waals surface area contributed by atoms with E-state index < -0.39 is 23.7 Å². The Morgan fingerprint density at radius 3 is 2.68 bits per heavy atom. The van der Waals surface area contributed by atoms with Crippen LogP contribution in [0.1, 0.15) is 24.2 Å². The predicted octanol–water partition coefficient (Wildman–Crippen LogP) is 2.29. The van der Waals surface area contributed by atoms with Crippen LogP contribution in [0.15, 0.2) is 18.2 Å². The molecule has 1 aliphatic heterocycles. The van der Waals surface area contributed by atoms with Gasteiger partial charge in [-0.2, -0.15) is 13.2 Å². The molecule has 1 fully saturated rings. The smallest absolute Gasteiger partial charge is 0.335 e. The lowest BCUT2D eigenvalue weighted by Gasteiger charge is -2.23. The normalized spacial score (nSPS) is 20.7. The van der Waals surface area contributed by atoms with Crippen LogP contribution in [-0.4, -0.2) is 23.9 Å². The number of hydrogen-bond donors (Lipinski definition) is 1. The van der Waals surface area contributed by atoms with Crippen molar-refractivity contribution in [2.24, 2.45) is 0 Å². The molecule has 1 N–H and O–H groups in total. The van der Waals surface area contributed by atoms with E-state index in [0.29, 0.717) is 12.6 Å². The number of alkyl halides is 3. The van der Waals surface area contributed by atoms with Gasteiger partial charge in [-0.1, -0.05) is 19.1 Å². The lowest BCUT2D eigenvalue weighted by Crippen LogP contribution is -2.29.